The summed E-state index contributed by atoms with van der Waals surface area (Å²) in [7, 11) is 1.30. The summed E-state index contributed by atoms with van der Waals surface area (Å²) < 4.78 is 4.83. The van der Waals surface area contributed by atoms with Crippen LogP contribution in [-0.4, -0.2) is 171 Å². The van der Waals surface area contributed by atoms with E-state index >= 15 is 0 Å². The van der Waals surface area contributed by atoms with Crippen LogP contribution in [0.3, 0.4) is 0 Å². The molecule has 21 heteroatoms. The fourth-order valence-electron chi connectivity index (χ4n) is 8.62. The third kappa shape index (κ3) is 18.4. The van der Waals surface area contributed by atoms with Crippen molar-refractivity contribution in [2.24, 2.45) is 5.73 Å². The number of carbonyl (C=O) groups excluding carboxylic acids is 5. The molecule has 2 aromatic carbocycles. The van der Waals surface area contributed by atoms with Gasteiger partial charge in [0, 0.05) is 69.7 Å². The number of amides is 4. The highest BCUT2D eigenvalue weighted by atomic mass is 32.2. The van der Waals surface area contributed by atoms with Crippen molar-refractivity contribution in [2.75, 3.05) is 76.9 Å². The van der Waals surface area contributed by atoms with E-state index in [0.717, 1.165) is 42.5 Å². The van der Waals surface area contributed by atoms with Gasteiger partial charge in [0.2, 0.25) is 23.6 Å². The van der Waals surface area contributed by atoms with Gasteiger partial charge >= 0.3 is 11.9 Å². The Kier molecular flexibility index (Phi) is 24.7. The third-order valence-electron chi connectivity index (χ3n) is 12.1. The number of nitrogens with zero attached hydrogens (tertiary/aromatic N) is 7. The standard InChI is InChI=1S/C26H34N6O4S.C23H33N5O4S/c1-37-12-10-23(26(35)36)30-24(33)17-31(15-20-6-3-2-5-19(20)13-27)16-22-7-4-11-32(22)25(34)9-8-21-14-28-18-29-21;1-32-23(31)20(9-11-33-2)26-21(29)16-27(14-18-7-4-3-6-17(18)12-24)15-19-8-5-10-28(19)22(30)13-25/h2-3,5-6,14,18,22-23H,4,7-12,15-17H2,1H3,(H,28,29)(H,30,33)(H,35,36);3-4,6-7,19-20H,5,8-11,13-16,25H2,1-2H3,(H,26,29)/t22-,23-;19-,20-/m00/s1. The van der Waals surface area contributed by atoms with Gasteiger partial charge in [-0.05, 0) is 92.2 Å². The van der Waals surface area contributed by atoms with E-state index in [2.05, 4.69) is 32.7 Å². The number of esters is 1. The Labute approximate surface area is 419 Å². The van der Waals surface area contributed by atoms with Gasteiger partial charge in [-0.25, -0.2) is 14.6 Å². The number of aromatic nitrogens is 2. The highest BCUT2D eigenvalue weighted by Gasteiger charge is 2.33. The largest absolute Gasteiger partial charge is 0.480 e. The fourth-order valence-corrected chi connectivity index (χ4v) is 9.56. The Bertz CT molecular complexity index is 2260. The van der Waals surface area contributed by atoms with Crippen molar-refractivity contribution >= 4 is 59.1 Å². The van der Waals surface area contributed by atoms with Gasteiger partial charge in [0.1, 0.15) is 12.1 Å². The van der Waals surface area contributed by atoms with Crippen LogP contribution in [0.25, 0.3) is 0 Å². The first-order chi connectivity index (χ1) is 33.8. The van der Waals surface area contributed by atoms with Crippen LogP contribution in [0.4, 0.5) is 0 Å². The molecule has 5 rings (SSSR count). The smallest absolute Gasteiger partial charge is 0.328 e. The number of hydrogen-bond acceptors (Lipinski definition) is 15. The number of imidazole rings is 1. The molecule has 0 radical (unpaired) electrons. The first-order valence-corrected chi connectivity index (χ1v) is 26.2. The molecule has 378 valence electrons. The van der Waals surface area contributed by atoms with Crippen LogP contribution in [-0.2, 0) is 53.0 Å². The van der Waals surface area contributed by atoms with Gasteiger partial charge in [0.15, 0.2) is 0 Å². The second kappa shape index (κ2) is 30.6. The zero-order valence-corrected chi connectivity index (χ0v) is 42.0. The summed E-state index contributed by atoms with van der Waals surface area (Å²) >= 11 is 3.11. The van der Waals surface area contributed by atoms with Crippen LogP contribution in [0.1, 0.15) is 72.9 Å². The average molecular weight is 1000 g/mol. The van der Waals surface area contributed by atoms with E-state index in [4.69, 9.17) is 10.5 Å². The molecule has 70 heavy (non-hydrogen) atoms. The van der Waals surface area contributed by atoms with Crippen LogP contribution >= 0.6 is 23.5 Å². The number of nitriles is 2. The van der Waals surface area contributed by atoms with Crippen LogP contribution in [0.5, 0.6) is 0 Å². The summed E-state index contributed by atoms with van der Waals surface area (Å²) in [6.45, 7) is 2.87. The molecule has 2 aliphatic heterocycles. The van der Waals surface area contributed by atoms with Crippen LogP contribution in [0.15, 0.2) is 61.1 Å². The number of aromatic amines is 1. The molecule has 2 saturated heterocycles. The first kappa shape index (κ1) is 56.6. The monoisotopic (exact) mass is 1000 g/mol. The summed E-state index contributed by atoms with van der Waals surface area (Å²) in [5.41, 5.74) is 9.12. The molecule has 0 bridgehead atoms. The molecule has 1 aromatic heterocycles. The van der Waals surface area contributed by atoms with Crippen molar-refractivity contribution in [3.05, 3.63) is 89.0 Å². The lowest BCUT2D eigenvalue weighted by Crippen LogP contribution is -2.49. The van der Waals surface area contributed by atoms with Gasteiger partial charge in [-0.1, -0.05) is 36.4 Å². The number of rotatable bonds is 26. The normalized spacial score (nSPS) is 16.1. The zero-order chi connectivity index (χ0) is 50.8. The maximum Gasteiger partial charge on any atom is 0.328 e. The predicted octanol–water partition coefficient (Wildman–Crippen LogP) is 2.75. The van der Waals surface area contributed by atoms with Gasteiger partial charge < -0.3 is 41.0 Å². The Morgan fingerprint density at radius 3 is 1.79 bits per heavy atom. The van der Waals surface area contributed by atoms with Gasteiger partial charge in [-0.15, -0.1) is 0 Å². The molecule has 19 nitrogen and oxygen atoms in total. The van der Waals surface area contributed by atoms with E-state index in [-0.39, 0.29) is 49.4 Å². The van der Waals surface area contributed by atoms with Crippen molar-refractivity contribution in [3.8, 4) is 12.1 Å². The predicted molar refractivity (Wildman–Crippen MR) is 268 cm³/mol. The highest BCUT2D eigenvalue weighted by Crippen LogP contribution is 2.23. The van der Waals surface area contributed by atoms with E-state index in [9.17, 15) is 44.4 Å². The number of aryl methyl sites for hydroxylation is 1. The molecule has 0 unspecified atom stereocenters. The van der Waals surface area contributed by atoms with E-state index in [0.29, 0.717) is 87.6 Å². The minimum atomic E-state index is -1.06. The number of likely N-dealkylation sites (tertiary alicyclic amines) is 2. The molecule has 0 saturated carbocycles. The molecule has 3 aromatic rings. The second-order valence-electron chi connectivity index (χ2n) is 17.1. The maximum atomic E-state index is 13.0. The van der Waals surface area contributed by atoms with Crippen LogP contribution in [0.2, 0.25) is 0 Å². The molecular weight excluding hydrogens is 935 g/mol. The molecule has 2 fully saturated rings. The number of carboxylic acid groups (broad SMARTS) is 1. The summed E-state index contributed by atoms with van der Waals surface area (Å²) in [6.07, 6.45) is 12.3. The zero-order valence-electron chi connectivity index (χ0n) is 40.3. The molecule has 0 spiro atoms. The maximum absolute atomic E-state index is 13.0. The lowest BCUT2D eigenvalue weighted by Gasteiger charge is -2.31. The number of methoxy groups -OCH3 is 1. The second-order valence-corrected chi connectivity index (χ2v) is 19.1. The van der Waals surface area contributed by atoms with Crippen molar-refractivity contribution in [1.82, 2.24) is 40.2 Å². The van der Waals surface area contributed by atoms with Gasteiger partial charge in [0.25, 0.3) is 0 Å². The molecular formula is C49H67N11O8S2. The number of carboxylic acids is 1. The van der Waals surface area contributed by atoms with E-state index in [1.165, 1.54) is 18.9 Å². The molecule has 0 aliphatic carbocycles. The Morgan fingerprint density at radius 1 is 0.829 bits per heavy atom. The van der Waals surface area contributed by atoms with Crippen LogP contribution < -0.4 is 16.4 Å². The first-order valence-electron chi connectivity index (χ1n) is 23.4. The van der Waals surface area contributed by atoms with Crippen molar-refractivity contribution in [3.63, 3.8) is 0 Å². The summed E-state index contributed by atoms with van der Waals surface area (Å²) in [5, 5.41) is 33.9. The number of nitrogens with one attached hydrogen (secondary N) is 3. The summed E-state index contributed by atoms with van der Waals surface area (Å²) in [6, 6.07) is 17.0. The Hall–Kier alpha value is -5.97. The van der Waals surface area contributed by atoms with Gasteiger partial charge in [0.05, 0.1) is 56.3 Å². The van der Waals surface area contributed by atoms with E-state index < -0.39 is 29.9 Å². The minimum Gasteiger partial charge on any atom is -0.480 e. The topological polar surface area (TPSA) is 271 Å². The summed E-state index contributed by atoms with van der Waals surface area (Å²) in [5.74, 6) is -0.966. The molecule has 4 amide bonds. The molecule has 3 heterocycles. The van der Waals surface area contributed by atoms with Gasteiger partial charge in [-0.3, -0.25) is 29.0 Å². The molecule has 2 aliphatic rings. The lowest BCUT2D eigenvalue weighted by atomic mass is 10.1. The van der Waals surface area contributed by atoms with E-state index in [1.54, 1.807) is 53.5 Å². The lowest BCUT2D eigenvalue weighted by molar-refractivity contribution is -0.145. The van der Waals surface area contributed by atoms with Gasteiger partial charge in [-0.2, -0.15) is 34.0 Å². The van der Waals surface area contributed by atoms with E-state index in [1.807, 2.05) is 51.5 Å². The number of hydrogen-bond donors (Lipinski definition) is 5. The van der Waals surface area contributed by atoms with Crippen molar-refractivity contribution in [1.29, 1.82) is 10.5 Å². The average Bonchev–Trinajstić information content (AvgIpc) is 4.17. The van der Waals surface area contributed by atoms with Crippen molar-refractivity contribution < 1.29 is 38.6 Å². The number of thioether (sulfide) groups is 2. The Morgan fingerprint density at radius 2 is 1.33 bits per heavy atom. The Balaban J connectivity index is 0.000000307. The number of nitrogens with two attached hydrogens (primary N) is 1. The quantitative estimate of drug-likeness (QED) is 0.0724. The van der Waals surface area contributed by atoms with Crippen molar-refractivity contribution in [2.45, 2.75) is 88.6 Å². The van der Waals surface area contributed by atoms with Crippen LogP contribution in [0, 0.1) is 22.7 Å². The number of aliphatic carboxylic acids is 1. The number of carbonyl (C=O) groups is 6. The minimum absolute atomic E-state index is 0.0215. The number of ether oxygens (including phenoxy) is 1. The number of H-pyrrole nitrogens is 1. The fraction of sp³-hybridized carbons (Fsp3) is 0.531. The highest BCUT2D eigenvalue weighted by molar-refractivity contribution is 7.98. The molecule has 4 atom stereocenters. The number of benzene rings is 2. The summed E-state index contributed by atoms with van der Waals surface area (Å²) in [4.78, 5) is 89.3. The molecule has 6 N–H and O–H groups in total. The third-order valence-corrected chi connectivity index (χ3v) is 13.4. The SMILES string of the molecule is COC(=O)[C@H](CCSC)NC(=O)CN(Cc1ccccc1C#N)C[C@@H]1CCCN1C(=O)CN.CSCC[C@H](NC(=O)CN(Cc1ccccc1C#N)C[C@@H]1CCCN1C(=O)CCc1cnc[nH]1)C(=O)O.